The third-order valence-corrected chi connectivity index (χ3v) is 9.76. The zero-order valence-electron chi connectivity index (χ0n) is 24.6. The minimum absolute atomic E-state index is 0.000669. The average molecular weight is 653 g/mol. The molecule has 44 heavy (non-hydrogen) atoms. The molecule has 0 spiro atoms. The van der Waals surface area contributed by atoms with E-state index < -0.39 is 28.5 Å². The van der Waals surface area contributed by atoms with Crippen molar-refractivity contribution in [1.82, 2.24) is 10.2 Å². The Morgan fingerprint density at radius 3 is 1.98 bits per heavy atom. The molecule has 0 unspecified atom stereocenters. The molecule has 0 bridgehead atoms. The van der Waals surface area contributed by atoms with Gasteiger partial charge in [0.25, 0.3) is 10.0 Å². The van der Waals surface area contributed by atoms with Gasteiger partial charge < -0.3 is 10.2 Å². The molecule has 4 aromatic carbocycles. The van der Waals surface area contributed by atoms with Gasteiger partial charge in [-0.3, -0.25) is 13.9 Å². The molecule has 0 saturated heterocycles. The van der Waals surface area contributed by atoms with Gasteiger partial charge in [-0.05, 0) is 54.8 Å². The van der Waals surface area contributed by atoms with E-state index in [0.717, 1.165) is 9.87 Å². The second-order valence-electron chi connectivity index (χ2n) is 10.4. The first-order chi connectivity index (χ1) is 21.1. The maximum atomic E-state index is 14.5. The Morgan fingerprint density at radius 1 is 0.795 bits per heavy atom. The molecule has 2 amide bonds. The van der Waals surface area contributed by atoms with Crippen LogP contribution < -0.4 is 9.62 Å². The highest BCUT2D eigenvalue weighted by Crippen LogP contribution is 2.31. The van der Waals surface area contributed by atoms with E-state index in [1.165, 1.54) is 17.0 Å². The Balaban J connectivity index is 1.82. The predicted octanol–water partition coefficient (Wildman–Crippen LogP) is 6.74. The van der Waals surface area contributed by atoms with Crippen molar-refractivity contribution in [2.45, 2.75) is 50.2 Å². The molecule has 0 aliphatic heterocycles. The van der Waals surface area contributed by atoms with Crippen molar-refractivity contribution < 1.29 is 18.0 Å². The number of anilines is 1. The smallest absolute Gasteiger partial charge is 0.264 e. The normalized spacial score (nSPS) is 12.6. The van der Waals surface area contributed by atoms with Crippen molar-refractivity contribution in [1.29, 1.82) is 0 Å². The molecule has 4 aromatic rings. The number of carbonyl (C=O) groups excluding carboxylic acids is 2. The Hall–Kier alpha value is -3.85. The highest BCUT2D eigenvalue weighted by Gasteiger charge is 2.35. The monoisotopic (exact) mass is 651 g/mol. The van der Waals surface area contributed by atoms with Crippen LogP contribution in [-0.4, -0.2) is 43.8 Å². The molecule has 7 nitrogen and oxygen atoms in total. The van der Waals surface area contributed by atoms with E-state index in [-0.39, 0.29) is 40.5 Å². The standard InChI is InChI=1S/C34H35Cl2N3O4S/c1-3-25(2)37-34(41)32(22-26-14-6-4-7-15-26)38(23-27-16-10-11-19-29(27)35)33(40)24-39(31-21-13-12-20-30(31)36)44(42,43)28-17-8-5-9-18-28/h4-21,25,32H,3,22-24H2,1-2H3,(H,37,41)/t25-,32+/m0/s1. The quantitative estimate of drug-likeness (QED) is 0.173. The summed E-state index contributed by atoms with van der Waals surface area (Å²) in [6, 6.07) is 29.6. The lowest BCUT2D eigenvalue weighted by molar-refractivity contribution is -0.140. The maximum Gasteiger partial charge on any atom is 0.264 e. The van der Waals surface area contributed by atoms with Crippen molar-refractivity contribution in [2.24, 2.45) is 0 Å². The molecule has 2 atom stereocenters. The predicted molar refractivity (Wildman–Crippen MR) is 176 cm³/mol. The SMILES string of the molecule is CC[C@H](C)NC(=O)[C@@H](Cc1ccccc1)N(Cc1ccccc1Cl)C(=O)CN(c1ccccc1Cl)S(=O)(=O)c1ccccc1. The molecule has 230 valence electrons. The Kier molecular flexibility index (Phi) is 11.4. The van der Waals surface area contributed by atoms with Gasteiger partial charge in [0.1, 0.15) is 12.6 Å². The van der Waals surface area contributed by atoms with Gasteiger partial charge in [0.2, 0.25) is 11.8 Å². The highest BCUT2D eigenvalue weighted by molar-refractivity contribution is 7.92. The molecule has 1 N–H and O–H groups in total. The summed E-state index contributed by atoms with van der Waals surface area (Å²) in [5, 5.41) is 3.60. The van der Waals surface area contributed by atoms with Crippen molar-refractivity contribution in [3.63, 3.8) is 0 Å². The van der Waals surface area contributed by atoms with Crippen LogP contribution in [0.3, 0.4) is 0 Å². The Labute approximate surface area is 269 Å². The summed E-state index contributed by atoms with van der Waals surface area (Å²) in [5.74, 6) is -0.941. The molecule has 0 aliphatic carbocycles. The number of amides is 2. The minimum atomic E-state index is -4.24. The van der Waals surface area contributed by atoms with Crippen LogP contribution in [0.5, 0.6) is 0 Å². The van der Waals surface area contributed by atoms with Crippen molar-refractivity contribution in [3.8, 4) is 0 Å². The number of sulfonamides is 1. The van der Waals surface area contributed by atoms with Crippen LogP contribution in [0, 0.1) is 0 Å². The fraction of sp³-hybridized carbons (Fsp3) is 0.235. The maximum absolute atomic E-state index is 14.5. The third-order valence-electron chi connectivity index (χ3n) is 7.30. The number of para-hydroxylation sites is 1. The lowest BCUT2D eigenvalue weighted by Gasteiger charge is -2.34. The van der Waals surface area contributed by atoms with Gasteiger partial charge in [0, 0.05) is 24.0 Å². The Morgan fingerprint density at radius 2 is 1.36 bits per heavy atom. The first-order valence-electron chi connectivity index (χ1n) is 14.3. The number of hydrogen-bond acceptors (Lipinski definition) is 4. The number of benzene rings is 4. The largest absolute Gasteiger partial charge is 0.352 e. The molecule has 0 fully saturated rings. The number of carbonyl (C=O) groups is 2. The lowest BCUT2D eigenvalue weighted by atomic mass is 10.0. The fourth-order valence-corrected chi connectivity index (χ4v) is 6.63. The molecule has 0 aromatic heterocycles. The summed E-state index contributed by atoms with van der Waals surface area (Å²) in [7, 11) is -4.24. The van der Waals surface area contributed by atoms with Crippen LogP contribution in [0.2, 0.25) is 10.0 Å². The number of halogens is 2. The summed E-state index contributed by atoms with van der Waals surface area (Å²) in [6.45, 7) is 3.22. The van der Waals surface area contributed by atoms with Gasteiger partial charge in [0.15, 0.2) is 0 Å². The zero-order chi connectivity index (χ0) is 31.7. The van der Waals surface area contributed by atoms with Gasteiger partial charge in [-0.1, -0.05) is 109 Å². The van der Waals surface area contributed by atoms with Gasteiger partial charge in [-0.15, -0.1) is 0 Å². The molecular weight excluding hydrogens is 617 g/mol. The van der Waals surface area contributed by atoms with Gasteiger partial charge in [-0.25, -0.2) is 8.42 Å². The summed E-state index contributed by atoms with van der Waals surface area (Å²) >= 11 is 13.0. The lowest BCUT2D eigenvalue weighted by Crippen LogP contribution is -2.54. The van der Waals surface area contributed by atoms with Gasteiger partial charge >= 0.3 is 0 Å². The van der Waals surface area contributed by atoms with Gasteiger partial charge in [-0.2, -0.15) is 0 Å². The summed E-state index contributed by atoms with van der Waals surface area (Å²) in [4.78, 5) is 29.8. The van der Waals surface area contributed by atoms with Crippen LogP contribution in [0.1, 0.15) is 31.4 Å². The number of hydrogen-bond donors (Lipinski definition) is 1. The highest BCUT2D eigenvalue weighted by atomic mass is 35.5. The van der Waals surface area contributed by atoms with E-state index in [1.54, 1.807) is 66.7 Å². The van der Waals surface area contributed by atoms with Crippen LogP contribution in [-0.2, 0) is 32.6 Å². The molecule has 0 heterocycles. The number of nitrogens with one attached hydrogen (secondary N) is 1. The summed E-state index contributed by atoms with van der Waals surface area (Å²) in [5.41, 5.74) is 1.61. The van der Waals surface area contributed by atoms with E-state index in [9.17, 15) is 18.0 Å². The van der Waals surface area contributed by atoms with E-state index >= 15 is 0 Å². The van der Waals surface area contributed by atoms with Crippen molar-refractivity contribution in [2.75, 3.05) is 10.8 Å². The second-order valence-corrected chi connectivity index (χ2v) is 13.1. The first-order valence-corrected chi connectivity index (χ1v) is 16.5. The van der Waals surface area contributed by atoms with Crippen LogP contribution in [0.15, 0.2) is 114 Å². The molecule has 0 radical (unpaired) electrons. The molecule has 0 aliphatic rings. The summed E-state index contributed by atoms with van der Waals surface area (Å²) in [6.07, 6.45) is 0.898. The Bertz CT molecular complexity index is 1670. The van der Waals surface area contributed by atoms with E-state index in [0.29, 0.717) is 17.0 Å². The van der Waals surface area contributed by atoms with Crippen LogP contribution >= 0.6 is 23.2 Å². The molecular formula is C34H35Cl2N3O4S. The molecule has 10 heteroatoms. The van der Waals surface area contributed by atoms with Crippen molar-refractivity contribution in [3.05, 3.63) is 130 Å². The average Bonchev–Trinajstić information content (AvgIpc) is 3.03. The zero-order valence-corrected chi connectivity index (χ0v) is 26.9. The second kappa shape index (κ2) is 15.2. The molecule has 4 rings (SSSR count). The minimum Gasteiger partial charge on any atom is -0.352 e. The topological polar surface area (TPSA) is 86.8 Å². The first kappa shape index (κ1) is 33.1. The third kappa shape index (κ3) is 8.20. The summed E-state index contributed by atoms with van der Waals surface area (Å²) < 4.78 is 29.1. The van der Waals surface area contributed by atoms with Crippen LogP contribution in [0.25, 0.3) is 0 Å². The van der Waals surface area contributed by atoms with E-state index in [4.69, 9.17) is 23.2 Å². The van der Waals surface area contributed by atoms with E-state index in [2.05, 4.69) is 5.32 Å². The number of rotatable bonds is 13. The van der Waals surface area contributed by atoms with Crippen LogP contribution in [0.4, 0.5) is 5.69 Å². The van der Waals surface area contributed by atoms with Gasteiger partial charge in [0.05, 0.1) is 15.6 Å². The fourth-order valence-electron chi connectivity index (χ4n) is 4.69. The number of nitrogens with zero attached hydrogens (tertiary/aromatic N) is 2. The van der Waals surface area contributed by atoms with E-state index in [1.807, 2.05) is 44.2 Å². The van der Waals surface area contributed by atoms with Crippen molar-refractivity contribution >= 4 is 50.7 Å². The molecule has 0 saturated carbocycles.